The molecule has 0 spiro atoms. The maximum Gasteiger partial charge on any atom is 0.0991 e. The topological polar surface area (TPSA) is 59.6 Å². The Labute approximate surface area is 96.3 Å². The molecule has 0 aliphatic rings. The van der Waals surface area contributed by atoms with Crippen molar-refractivity contribution in [2.24, 2.45) is 11.8 Å². The average molecular weight is 213 g/mol. The molecule has 3 heteroatoms. The van der Waals surface area contributed by atoms with Gasteiger partial charge < -0.3 is 5.32 Å². The van der Waals surface area contributed by atoms with Gasteiger partial charge in [-0.05, 0) is 30.2 Å². The van der Waals surface area contributed by atoms with Crippen molar-refractivity contribution >= 4 is 5.69 Å². The number of nitrogens with zero attached hydrogens (tertiary/aromatic N) is 2. The number of nitriles is 2. The van der Waals surface area contributed by atoms with Crippen LogP contribution in [-0.2, 0) is 0 Å². The van der Waals surface area contributed by atoms with Gasteiger partial charge in [-0.3, -0.25) is 0 Å². The molecule has 1 unspecified atom stereocenters. The SMILES string of the molecule is CC(C)C(C#N)CNc1ccc(C#N)cc1. The maximum atomic E-state index is 8.92. The van der Waals surface area contributed by atoms with Gasteiger partial charge >= 0.3 is 0 Å². The van der Waals surface area contributed by atoms with Gasteiger partial charge in [-0.2, -0.15) is 10.5 Å². The Morgan fingerprint density at radius 1 is 1.19 bits per heavy atom. The molecule has 0 amide bonds. The van der Waals surface area contributed by atoms with Crippen LogP contribution in [0.2, 0.25) is 0 Å². The zero-order chi connectivity index (χ0) is 12.0. The lowest BCUT2D eigenvalue weighted by Crippen LogP contribution is -2.17. The van der Waals surface area contributed by atoms with Crippen LogP contribution >= 0.6 is 0 Å². The largest absolute Gasteiger partial charge is 0.384 e. The van der Waals surface area contributed by atoms with E-state index in [1.807, 2.05) is 26.0 Å². The molecule has 3 nitrogen and oxygen atoms in total. The molecule has 0 saturated carbocycles. The van der Waals surface area contributed by atoms with E-state index in [4.69, 9.17) is 10.5 Å². The zero-order valence-electron chi connectivity index (χ0n) is 9.57. The number of hydrogen-bond donors (Lipinski definition) is 1. The second kappa shape index (κ2) is 5.78. The van der Waals surface area contributed by atoms with Crippen molar-refractivity contribution in [3.8, 4) is 12.1 Å². The van der Waals surface area contributed by atoms with Gasteiger partial charge in [-0.25, -0.2) is 0 Å². The summed E-state index contributed by atoms with van der Waals surface area (Å²) in [5, 5.41) is 20.8. The van der Waals surface area contributed by atoms with Crippen LogP contribution in [0.4, 0.5) is 5.69 Å². The van der Waals surface area contributed by atoms with E-state index in [0.29, 0.717) is 18.0 Å². The van der Waals surface area contributed by atoms with Crippen molar-refractivity contribution in [2.45, 2.75) is 13.8 Å². The van der Waals surface area contributed by atoms with Crippen LogP contribution in [0.5, 0.6) is 0 Å². The van der Waals surface area contributed by atoms with Crippen LogP contribution in [0.3, 0.4) is 0 Å². The molecule has 1 rings (SSSR count). The van der Waals surface area contributed by atoms with Gasteiger partial charge in [0.1, 0.15) is 0 Å². The van der Waals surface area contributed by atoms with Crippen molar-refractivity contribution in [3.05, 3.63) is 29.8 Å². The standard InChI is InChI=1S/C13H15N3/c1-10(2)12(8-15)9-16-13-5-3-11(7-14)4-6-13/h3-6,10,12,16H,9H2,1-2H3. The third-order valence-corrected chi connectivity index (χ3v) is 2.51. The van der Waals surface area contributed by atoms with Gasteiger partial charge in [0.2, 0.25) is 0 Å². The number of benzene rings is 1. The molecule has 1 aromatic rings. The summed E-state index contributed by atoms with van der Waals surface area (Å²) < 4.78 is 0. The fourth-order valence-corrected chi connectivity index (χ4v) is 1.32. The van der Waals surface area contributed by atoms with E-state index in [1.165, 1.54) is 0 Å². The second-order valence-electron chi connectivity index (χ2n) is 4.05. The summed E-state index contributed by atoms with van der Waals surface area (Å²) in [5.41, 5.74) is 1.59. The molecular weight excluding hydrogens is 198 g/mol. The highest BCUT2D eigenvalue weighted by atomic mass is 14.9. The van der Waals surface area contributed by atoms with Crippen molar-refractivity contribution < 1.29 is 0 Å². The fraction of sp³-hybridized carbons (Fsp3) is 0.385. The first-order valence-corrected chi connectivity index (χ1v) is 5.31. The molecule has 0 fully saturated rings. The number of rotatable bonds is 4. The Balaban J connectivity index is 2.55. The minimum atomic E-state index is 0.00985. The van der Waals surface area contributed by atoms with Gasteiger partial charge in [0, 0.05) is 12.2 Å². The minimum absolute atomic E-state index is 0.00985. The van der Waals surface area contributed by atoms with Gasteiger partial charge in [-0.1, -0.05) is 13.8 Å². The summed E-state index contributed by atoms with van der Waals surface area (Å²) in [5.74, 6) is 0.353. The van der Waals surface area contributed by atoms with E-state index in [2.05, 4.69) is 17.5 Å². The molecule has 1 N–H and O–H groups in total. The van der Waals surface area contributed by atoms with Gasteiger partial charge in [0.15, 0.2) is 0 Å². The average Bonchev–Trinajstić information content (AvgIpc) is 2.30. The third-order valence-electron chi connectivity index (χ3n) is 2.51. The molecule has 0 saturated heterocycles. The summed E-state index contributed by atoms with van der Waals surface area (Å²) in [6, 6.07) is 11.6. The molecule has 1 aromatic carbocycles. The maximum absolute atomic E-state index is 8.92. The van der Waals surface area contributed by atoms with Crippen LogP contribution in [0, 0.1) is 34.5 Å². The highest BCUT2D eigenvalue weighted by Crippen LogP contribution is 2.13. The first-order valence-electron chi connectivity index (χ1n) is 5.31. The Morgan fingerprint density at radius 3 is 2.25 bits per heavy atom. The lowest BCUT2D eigenvalue weighted by Gasteiger charge is -2.14. The number of anilines is 1. The third kappa shape index (κ3) is 3.29. The second-order valence-corrected chi connectivity index (χ2v) is 4.05. The lowest BCUT2D eigenvalue weighted by atomic mass is 9.97. The Kier molecular flexibility index (Phi) is 4.36. The van der Waals surface area contributed by atoms with Crippen molar-refractivity contribution in [1.82, 2.24) is 0 Å². The quantitative estimate of drug-likeness (QED) is 0.836. The number of nitrogens with one attached hydrogen (secondary N) is 1. The lowest BCUT2D eigenvalue weighted by molar-refractivity contribution is 0.496. The summed E-state index contributed by atoms with van der Waals surface area (Å²) in [7, 11) is 0. The first kappa shape index (κ1) is 12.1. The molecule has 0 heterocycles. The van der Waals surface area contributed by atoms with E-state index in [0.717, 1.165) is 5.69 Å². The van der Waals surface area contributed by atoms with E-state index in [9.17, 15) is 0 Å². The van der Waals surface area contributed by atoms with Crippen LogP contribution in [0.25, 0.3) is 0 Å². The predicted octanol–water partition coefficient (Wildman–Crippen LogP) is 2.77. The van der Waals surface area contributed by atoms with Crippen molar-refractivity contribution in [3.63, 3.8) is 0 Å². The fourth-order valence-electron chi connectivity index (χ4n) is 1.32. The number of hydrogen-bond acceptors (Lipinski definition) is 3. The van der Waals surface area contributed by atoms with Crippen molar-refractivity contribution in [2.75, 3.05) is 11.9 Å². The Morgan fingerprint density at radius 2 is 1.81 bits per heavy atom. The van der Waals surface area contributed by atoms with Gasteiger partial charge in [0.05, 0.1) is 23.6 Å². The first-order chi connectivity index (χ1) is 7.67. The van der Waals surface area contributed by atoms with Gasteiger partial charge in [0.25, 0.3) is 0 Å². The highest BCUT2D eigenvalue weighted by molar-refractivity contribution is 5.47. The van der Waals surface area contributed by atoms with Crippen molar-refractivity contribution in [1.29, 1.82) is 10.5 Å². The molecule has 1 atom stereocenters. The Hall–Kier alpha value is -2.00. The molecular formula is C13H15N3. The van der Waals surface area contributed by atoms with Crippen LogP contribution in [0.15, 0.2) is 24.3 Å². The monoisotopic (exact) mass is 213 g/mol. The molecule has 16 heavy (non-hydrogen) atoms. The molecule has 82 valence electrons. The van der Waals surface area contributed by atoms with E-state index in [1.54, 1.807) is 12.1 Å². The molecule has 0 aliphatic carbocycles. The summed E-state index contributed by atoms with van der Waals surface area (Å²) >= 11 is 0. The smallest absolute Gasteiger partial charge is 0.0991 e. The van der Waals surface area contributed by atoms with Crippen LogP contribution in [-0.4, -0.2) is 6.54 Å². The molecule has 0 radical (unpaired) electrons. The van der Waals surface area contributed by atoms with Crippen LogP contribution < -0.4 is 5.32 Å². The van der Waals surface area contributed by atoms with E-state index in [-0.39, 0.29) is 5.92 Å². The Bertz CT molecular complexity index is 406. The molecule has 0 aliphatic heterocycles. The molecule has 0 aromatic heterocycles. The normalized spacial score (nSPS) is 11.6. The van der Waals surface area contributed by atoms with Crippen LogP contribution in [0.1, 0.15) is 19.4 Å². The highest BCUT2D eigenvalue weighted by Gasteiger charge is 2.11. The molecule has 0 bridgehead atoms. The minimum Gasteiger partial charge on any atom is -0.384 e. The van der Waals surface area contributed by atoms with Gasteiger partial charge in [-0.15, -0.1) is 0 Å². The van der Waals surface area contributed by atoms with E-state index >= 15 is 0 Å². The predicted molar refractivity (Wildman–Crippen MR) is 63.6 cm³/mol. The summed E-state index contributed by atoms with van der Waals surface area (Å²) in [4.78, 5) is 0. The van der Waals surface area contributed by atoms with E-state index < -0.39 is 0 Å². The summed E-state index contributed by atoms with van der Waals surface area (Å²) in [6.45, 7) is 4.71. The zero-order valence-corrected chi connectivity index (χ0v) is 9.57. The summed E-state index contributed by atoms with van der Waals surface area (Å²) in [6.07, 6.45) is 0.